The standard InChI is InChI=1S/C15H18ClF3N2O3S/c1-2-13(20-24-9-10-4-3-5-10)12-8-11(16)6-7-14(12)21-25(22,23)15(17,18)19/h6-8,10,21H,2-5,9H2,1H3/b20-13+. The Hall–Kier alpha value is -1.48. The maximum atomic E-state index is 12.6. The van der Waals surface area contributed by atoms with Gasteiger partial charge in [0.2, 0.25) is 0 Å². The zero-order valence-electron chi connectivity index (χ0n) is 13.4. The molecule has 1 aliphatic rings. The molecule has 1 N–H and O–H groups in total. The molecule has 0 unspecified atom stereocenters. The van der Waals surface area contributed by atoms with Crippen LogP contribution in [0.25, 0.3) is 0 Å². The SMILES string of the molecule is CC/C(=N\OCC1CCC1)c1cc(Cl)ccc1NS(=O)(=O)C(F)(F)F. The monoisotopic (exact) mass is 398 g/mol. The van der Waals surface area contributed by atoms with Gasteiger partial charge in [-0.1, -0.05) is 30.1 Å². The predicted molar refractivity (Wildman–Crippen MR) is 90.2 cm³/mol. The maximum absolute atomic E-state index is 12.6. The minimum absolute atomic E-state index is 0.149. The lowest BCUT2D eigenvalue weighted by Gasteiger charge is -2.23. The van der Waals surface area contributed by atoms with Gasteiger partial charge in [-0.3, -0.25) is 4.72 Å². The first kappa shape index (κ1) is 19.8. The molecule has 25 heavy (non-hydrogen) atoms. The molecule has 1 saturated carbocycles. The summed E-state index contributed by atoms with van der Waals surface area (Å²) in [5.74, 6) is 0.435. The molecule has 0 amide bonds. The van der Waals surface area contributed by atoms with E-state index in [0.29, 0.717) is 24.7 Å². The molecule has 1 aliphatic carbocycles. The Morgan fingerprint density at radius 3 is 2.60 bits per heavy atom. The van der Waals surface area contributed by atoms with Crippen LogP contribution < -0.4 is 4.72 Å². The molecule has 140 valence electrons. The summed E-state index contributed by atoms with van der Waals surface area (Å²) >= 11 is 5.90. The number of oxime groups is 1. The van der Waals surface area contributed by atoms with Crippen LogP contribution in [0.15, 0.2) is 23.4 Å². The largest absolute Gasteiger partial charge is 0.516 e. The topological polar surface area (TPSA) is 67.8 Å². The van der Waals surface area contributed by atoms with Gasteiger partial charge in [0.25, 0.3) is 0 Å². The van der Waals surface area contributed by atoms with Crippen molar-refractivity contribution in [2.45, 2.75) is 38.1 Å². The second-order valence-corrected chi connectivity index (χ2v) is 7.84. The molecule has 1 fully saturated rings. The first-order valence-corrected chi connectivity index (χ1v) is 9.58. The average molecular weight is 399 g/mol. The van der Waals surface area contributed by atoms with Gasteiger partial charge in [-0.25, -0.2) is 0 Å². The van der Waals surface area contributed by atoms with Crippen molar-refractivity contribution in [2.24, 2.45) is 11.1 Å². The number of nitrogens with one attached hydrogen (secondary N) is 1. The van der Waals surface area contributed by atoms with Crippen molar-refractivity contribution in [2.75, 3.05) is 11.3 Å². The molecule has 1 aromatic carbocycles. The third kappa shape index (κ3) is 5.01. The highest BCUT2D eigenvalue weighted by Gasteiger charge is 2.46. The van der Waals surface area contributed by atoms with Gasteiger partial charge < -0.3 is 4.84 Å². The third-order valence-corrected chi connectivity index (χ3v) is 5.22. The van der Waals surface area contributed by atoms with E-state index in [4.69, 9.17) is 16.4 Å². The number of rotatable bonds is 7. The zero-order valence-corrected chi connectivity index (χ0v) is 15.0. The number of alkyl halides is 3. The number of sulfonamides is 1. The summed E-state index contributed by atoms with van der Waals surface area (Å²) in [5.41, 5.74) is -5.22. The van der Waals surface area contributed by atoms with E-state index < -0.39 is 15.5 Å². The fourth-order valence-electron chi connectivity index (χ4n) is 2.23. The van der Waals surface area contributed by atoms with Crippen LogP contribution in [0.5, 0.6) is 0 Å². The van der Waals surface area contributed by atoms with Crippen LogP contribution in [0.2, 0.25) is 5.02 Å². The fourth-order valence-corrected chi connectivity index (χ4v) is 2.99. The molecule has 0 saturated heterocycles. The molecule has 0 radical (unpaired) electrons. The number of hydrogen-bond acceptors (Lipinski definition) is 4. The lowest BCUT2D eigenvalue weighted by molar-refractivity contribution is -0.0429. The van der Waals surface area contributed by atoms with E-state index in [1.807, 2.05) is 0 Å². The predicted octanol–water partition coefficient (Wildman–Crippen LogP) is 4.53. The van der Waals surface area contributed by atoms with Crippen LogP contribution in [-0.2, 0) is 14.9 Å². The summed E-state index contributed by atoms with van der Waals surface area (Å²) in [6.45, 7) is 2.15. The molecule has 0 spiro atoms. The normalized spacial score (nSPS) is 16.4. The third-order valence-electron chi connectivity index (χ3n) is 3.89. The number of hydrogen-bond donors (Lipinski definition) is 1. The van der Waals surface area contributed by atoms with Crippen molar-refractivity contribution in [3.8, 4) is 0 Å². The van der Waals surface area contributed by atoms with Crippen molar-refractivity contribution in [1.29, 1.82) is 0 Å². The molecular weight excluding hydrogens is 381 g/mol. The summed E-state index contributed by atoms with van der Waals surface area (Å²) in [4.78, 5) is 5.28. The first-order chi connectivity index (χ1) is 11.6. The Morgan fingerprint density at radius 2 is 2.08 bits per heavy atom. The molecule has 1 aromatic rings. The lowest BCUT2D eigenvalue weighted by Crippen LogP contribution is -2.30. The van der Waals surface area contributed by atoms with Crippen molar-refractivity contribution >= 4 is 33.0 Å². The van der Waals surface area contributed by atoms with Gasteiger partial charge in [0.15, 0.2) is 0 Å². The fraction of sp³-hybridized carbons (Fsp3) is 0.533. The number of benzene rings is 1. The van der Waals surface area contributed by atoms with Gasteiger partial charge in [-0.15, -0.1) is 0 Å². The Balaban J connectivity index is 2.28. The van der Waals surface area contributed by atoms with Crippen molar-refractivity contribution in [3.05, 3.63) is 28.8 Å². The van der Waals surface area contributed by atoms with Crippen molar-refractivity contribution < 1.29 is 26.4 Å². The highest BCUT2D eigenvalue weighted by Crippen LogP contribution is 2.30. The molecule has 0 aliphatic heterocycles. The molecule has 0 atom stereocenters. The highest BCUT2D eigenvalue weighted by molar-refractivity contribution is 7.93. The number of anilines is 1. The van der Waals surface area contributed by atoms with Gasteiger partial charge in [-0.2, -0.15) is 21.6 Å². The van der Waals surface area contributed by atoms with E-state index in [2.05, 4.69) is 5.16 Å². The summed E-state index contributed by atoms with van der Waals surface area (Å²) < 4.78 is 62.2. The van der Waals surface area contributed by atoms with Crippen LogP contribution in [0, 0.1) is 5.92 Å². The molecule has 2 rings (SSSR count). The van der Waals surface area contributed by atoms with Crippen LogP contribution in [0.4, 0.5) is 18.9 Å². The number of halogens is 4. The van der Waals surface area contributed by atoms with Crippen LogP contribution in [0.1, 0.15) is 38.2 Å². The second-order valence-electron chi connectivity index (χ2n) is 5.73. The Kier molecular flexibility index (Phi) is 6.21. The Labute approximate surface area is 149 Å². The van der Waals surface area contributed by atoms with Gasteiger partial charge >= 0.3 is 15.5 Å². The van der Waals surface area contributed by atoms with E-state index >= 15 is 0 Å². The Bertz CT molecular complexity index is 747. The lowest BCUT2D eigenvalue weighted by atomic mass is 9.86. The minimum Gasteiger partial charge on any atom is -0.395 e. The van der Waals surface area contributed by atoms with Crippen LogP contribution in [-0.4, -0.2) is 26.2 Å². The minimum atomic E-state index is -5.55. The number of nitrogens with zero attached hydrogens (tertiary/aromatic N) is 1. The van der Waals surface area contributed by atoms with Gasteiger partial charge in [0.1, 0.15) is 6.61 Å². The van der Waals surface area contributed by atoms with Gasteiger partial charge in [-0.05, 0) is 43.4 Å². The van der Waals surface area contributed by atoms with Crippen molar-refractivity contribution in [1.82, 2.24) is 0 Å². The molecule has 0 bridgehead atoms. The highest BCUT2D eigenvalue weighted by atomic mass is 35.5. The Morgan fingerprint density at radius 1 is 1.40 bits per heavy atom. The molecule has 0 heterocycles. The first-order valence-electron chi connectivity index (χ1n) is 7.72. The van der Waals surface area contributed by atoms with Crippen molar-refractivity contribution in [3.63, 3.8) is 0 Å². The summed E-state index contributed by atoms with van der Waals surface area (Å²) in [6, 6.07) is 3.81. The van der Waals surface area contributed by atoms with E-state index in [1.54, 1.807) is 11.6 Å². The van der Waals surface area contributed by atoms with E-state index in [1.165, 1.54) is 12.1 Å². The van der Waals surface area contributed by atoms with E-state index in [9.17, 15) is 21.6 Å². The van der Waals surface area contributed by atoms with Crippen LogP contribution >= 0.6 is 11.6 Å². The van der Waals surface area contributed by atoms with Gasteiger partial charge in [0, 0.05) is 10.6 Å². The van der Waals surface area contributed by atoms with E-state index in [0.717, 1.165) is 25.3 Å². The van der Waals surface area contributed by atoms with Crippen LogP contribution in [0.3, 0.4) is 0 Å². The van der Waals surface area contributed by atoms with Gasteiger partial charge in [0.05, 0.1) is 11.4 Å². The summed E-state index contributed by atoms with van der Waals surface area (Å²) in [5, 5.41) is 4.21. The molecular formula is C15H18ClF3N2O3S. The second kappa shape index (κ2) is 7.82. The average Bonchev–Trinajstić information content (AvgIpc) is 2.46. The molecule has 0 aromatic heterocycles. The molecule has 5 nitrogen and oxygen atoms in total. The summed E-state index contributed by atoms with van der Waals surface area (Å²) in [7, 11) is -5.55. The quantitative estimate of drug-likeness (QED) is 0.542. The van der Waals surface area contributed by atoms with E-state index in [-0.39, 0.29) is 16.3 Å². The smallest absolute Gasteiger partial charge is 0.395 e. The maximum Gasteiger partial charge on any atom is 0.516 e. The summed E-state index contributed by atoms with van der Waals surface area (Å²) in [6.07, 6.45) is 3.59. The zero-order chi connectivity index (χ0) is 18.7. The molecule has 10 heteroatoms.